The van der Waals surface area contributed by atoms with Crippen LogP contribution in [0.15, 0.2) is 23.4 Å². The molecule has 4 N–H and O–H groups in total. The second-order valence-corrected chi connectivity index (χ2v) is 5.00. The summed E-state index contributed by atoms with van der Waals surface area (Å²) >= 11 is 0. The van der Waals surface area contributed by atoms with Crippen LogP contribution in [-0.2, 0) is 6.54 Å². The van der Waals surface area contributed by atoms with E-state index in [-0.39, 0.29) is 5.84 Å². The Hall–Kier alpha value is -1.62. The molecular weight excluding hydrogens is 245 g/mol. The molecule has 0 amide bonds. The molecule has 0 saturated carbocycles. The number of hydrogen-bond donors (Lipinski definition) is 3. The number of hydrogen-bond acceptors (Lipinski definition) is 3. The van der Waals surface area contributed by atoms with Crippen LogP contribution in [0.2, 0.25) is 0 Å². The molecule has 0 bridgehead atoms. The van der Waals surface area contributed by atoms with Gasteiger partial charge in [-0.3, -0.25) is 0 Å². The molecule has 0 spiro atoms. The molecule has 5 heteroatoms. The maximum absolute atomic E-state index is 13.2. The highest BCUT2D eigenvalue weighted by Crippen LogP contribution is 2.11. The minimum Gasteiger partial charge on any atom is -0.409 e. The van der Waals surface area contributed by atoms with Crippen LogP contribution in [0.5, 0.6) is 0 Å². The minimum atomic E-state index is -0.398. The van der Waals surface area contributed by atoms with E-state index in [4.69, 9.17) is 10.9 Å². The molecule has 19 heavy (non-hydrogen) atoms. The van der Waals surface area contributed by atoms with Gasteiger partial charge in [-0.1, -0.05) is 25.1 Å². The molecule has 0 aliphatic carbocycles. The molecule has 4 nitrogen and oxygen atoms in total. The Balaban J connectivity index is 2.58. The maximum Gasteiger partial charge on any atom is 0.170 e. The van der Waals surface area contributed by atoms with E-state index < -0.39 is 5.82 Å². The number of oxime groups is 1. The molecule has 1 aromatic carbocycles. The minimum absolute atomic E-state index is 0.0709. The van der Waals surface area contributed by atoms with Crippen molar-refractivity contribution in [1.82, 2.24) is 5.32 Å². The molecule has 0 aromatic heterocycles. The summed E-state index contributed by atoms with van der Waals surface area (Å²) in [4.78, 5) is 0. The Morgan fingerprint density at radius 3 is 2.84 bits per heavy atom. The maximum atomic E-state index is 13.2. The topological polar surface area (TPSA) is 70.6 Å². The van der Waals surface area contributed by atoms with Crippen LogP contribution in [0.3, 0.4) is 0 Å². The van der Waals surface area contributed by atoms with Gasteiger partial charge in [-0.2, -0.15) is 0 Å². The zero-order chi connectivity index (χ0) is 14.3. The third-order valence-corrected chi connectivity index (χ3v) is 2.91. The van der Waals surface area contributed by atoms with E-state index >= 15 is 0 Å². The van der Waals surface area contributed by atoms with Crippen molar-refractivity contribution in [2.75, 3.05) is 6.54 Å². The van der Waals surface area contributed by atoms with Crippen molar-refractivity contribution in [3.8, 4) is 0 Å². The van der Waals surface area contributed by atoms with Gasteiger partial charge in [-0.05, 0) is 43.0 Å². The summed E-state index contributed by atoms with van der Waals surface area (Å²) in [5.74, 6) is 0.226. The highest BCUT2D eigenvalue weighted by Gasteiger charge is 2.08. The summed E-state index contributed by atoms with van der Waals surface area (Å²) in [6, 6.07) is 4.30. The lowest BCUT2D eigenvalue weighted by atomic mass is 10.1. The average Bonchev–Trinajstić information content (AvgIpc) is 2.38. The smallest absolute Gasteiger partial charge is 0.170 e. The number of nitrogens with zero attached hydrogens (tertiary/aromatic N) is 1. The molecule has 0 fully saturated rings. The quantitative estimate of drug-likeness (QED) is 0.234. The van der Waals surface area contributed by atoms with Gasteiger partial charge in [0.05, 0.1) is 0 Å². The van der Waals surface area contributed by atoms with Gasteiger partial charge in [0, 0.05) is 12.1 Å². The Morgan fingerprint density at radius 1 is 1.47 bits per heavy atom. The van der Waals surface area contributed by atoms with Crippen molar-refractivity contribution >= 4 is 5.84 Å². The third-order valence-electron chi connectivity index (χ3n) is 2.91. The van der Waals surface area contributed by atoms with Crippen LogP contribution in [0, 0.1) is 11.7 Å². The normalized spacial score (nSPS) is 12.1. The van der Waals surface area contributed by atoms with Crippen molar-refractivity contribution in [3.05, 3.63) is 35.1 Å². The fourth-order valence-electron chi connectivity index (χ4n) is 1.85. The molecule has 0 heterocycles. The monoisotopic (exact) mass is 267 g/mol. The molecule has 0 aliphatic heterocycles. The molecular formula is C14H22FN3O. The summed E-state index contributed by atoms with van der Waals surface area (Å²) in [7, 11) is 0. The van der Waals surface area contributed by atoms with Crippen LogP contribution >= 0.6 is 0 Å². The van der Waals surface area contributed by atoms with Gasteiger partial charge in [0.15, 0.2) is 5.84 Å². The first kappa shape index (κ1) is 15.4. The summed E-state index contributed by atoms with van der Waals surface area (Å²) < 4.78 is 13.2. The van der Waals surface area contributed by atoms with Crippen molar-refractivity contribution in [1.29, 1.82) is 0 Å². The summed E-state index contributed by atoms with van der Waals surface area (Å²) in [5, 5.41) is 14.9. The predicted molar refractivity (Wildman–Crippen MR) is 74.7 cm³/mol. The van der Waals surface area contributed by atoms with Gasteiger partial charge in [-0.25, -0.2) is 4.39 Å². The molecule has 0 saturated heterocycles. The summed E-state index contributed by atoms with van der Waals surface area (Å²) in [6.45, 7) is 5.85. The van der Waals surface area contributed by atoms with Crippen molar-refractivity contribution in [2.45, 2.75) is 33.2 Å². The highest BCUT2D eigenvalue weighted by molar-refractivity contribution is 5.98. The molecule has 1 aromatic rings. The van der Waals surface area contributed by atoms with Gasteiger partial charge in [0.1, 0.15) is 5.82 Å². The van der Waals surface area contributed by atoms with E-state index in [0.29, 0.717) is 18.0 Å². The van der Waals surface area contributed by atoms with E-state index in [1.54, 1.807) is 6.07 Å². The largest absolute Gasteiger partial charge is 0.409 e. The zero-order valence-electron chi connectivity index (χ0n) is 11.5. The fourth-order valence-corrected chi connectivity index (χ4v) is 1.85. The van der Waals surface area contributed by atoms with E-state index in [2.05, 4.69) is 24.3 Å². The number of halogens is 1. The van der Waals surface area contributed by atoms with Gasteiger partial charge in [-0.15, -0.1) is 0 Å². The Bertz CT molecular complexity index is 433. The molecule has 106 valence electrons. The second kappa shape index (κ2) is 7.74. The van der Waals surface area contributed by atoms with Gasteiger partial charge in [0.25, 0.3) is 0 Å². The SMILES string of the molecule is CC(C)CCCNCc1ccc(F)cc1C(N)=NO. The lowest BCUT2D eigenvalue weighted by Crippen LogP contribution is -2.21. The lowest BCUT2D eigenvalue weighted by Gasteiger charge is -2.10. The summed E-state index contributed by atoms with van der Waals surface area (Å²) in [5.41, 5.74) is 6.79. The molecule has 0 unspecified atom stereocenters. The Labute approximate surface area is 113 Å². The molecule has 0 aliphatic rings. The highest BCUT2D eigenvalue weighted by atomic mass is 19.1. The molecule has 1 rings (SSSR count). The van der Waals surface area contributed by atoms with Crippen LogP contribution in [0.1, 0.15) is 37.8 Å². The average molecular weight is 267 g/mol. The van der Waals surface area contributed by atoms with E-state index in [1.807, 2.05) is 0 Å². The van der Waals surface area contributed by atoms with Crippen molar-refractivity contribution in [3.63, 3.8) is 0 Å². The van der Waals surface area contributed by atoms with E-state index in [0.717, 1.165) is 18.5 Å². The number of amidine groups is 1. The second-order valence-electron chi connectivity index (χ2n) is 5.00. The van der Waals surface area contributed by atoms with Crippen LogP contribution in [0.25, 0.3) is 0 Å². The first-order valence-electron chi connectivity index (χ1n) is 6.51. The van der Waals surface area contributed by atoms with Crippen molar-refractivity contribution < 1.29 is 9.60 Å². The first-order valence-corrected chi connectivity index (χ1v) is 6.51. The van der Waals surface area contributed by atoms with Crippen LogP contribution in [0.4, 0.5) is 4.39 Å². The standard InChI is InChI=1S/C14H22FN3O/c1-10(2)4-3-7-17-9-11-5-6-12(15)8-13(11)14(16)18-19/h5-6,8,10,17,19H,3-4,7,9H2,1-2H3,(H2,16,18). The summed E-state index contributed by atoms with van der Waals surface area (Å²) in [6.07, 6.45) is 2.27. The van der Waals surface area contributed by atoms with Gasteiger partial charge < -0.3 is 16.3 Å². The zero-order valence-corrected chi connectivity index (χ0v) is 11.5. The Morgan fingerprint density at radius 2 is 2.21 bits per heavy atom. The van der Waals surface area contributed by atoms with Crippen molar-refractivity contribution in [2.24, 2.45) is 16.8 Å². The molecule has 0 atom stereocenters. The van der Waals surface area contributed by atoms with E-state index in [9.17, 15) is 4.39 Å². The fraction of sp³-hybridized carbons (Fsp3) is 0.500. The third kappa shape index (κ3) is 5.26. The molecule has 0 radical (unpaired) electrons. The number of benzene rings is 1. The van der Waals surface area contributed by atoms with Gasteiger partial charge in [0.2, 0.25) is 0 Å². The number of nitrogens with two attached hydrogens (primary N) is 1. The number of rotatable bonds is 7. The Kier molecular flexibility index (Phi) is 6.29. The van der Waals surface area contributed by atoms with E-state index in [1.165, 1.54) is 18.6 Å². The lowest BCUT2D eigenvalue weighted by molar-refractivity contribution is 0.318. The van der Waals surface area contributed by atoms with Gasteiger partial charge >= 0.3 is 0 Å². The number of nitrogens with one attached hydrogen (secondary N) is 1. The van der Waals surface area contributed by atoms with Crippen LogP contribution in [-0.4, -0.2) is 17.6 Å². The predicted octanol–water partition coefficient (Wildman–Crippen LogP) is 2.45. The van der Waals surface area contributed by atoms with Crippen LogP contribution < -0.4 is 11.1 Å². The first-order chi connectivity index (χ1) is 9.04.